The van der Waals surface area contributed by atoms with Crippen LogP contribution in [0.4, 0.5) is 0 Å². The van der Waals surface area contributed by atoms with Gasteiger partial charge in [-0.15, -0.1) is 0 Å². The van der Waals surface area contributed by atoms with Crippen molar-refractivity contribution in [3.63, 3.8) is 0 Å². The summed E-state index contributed by atoms with van der Waals surface area (Å²) in [5.41, 5.74) is 3.44. The van der Waals surface area contributed by atoms with Gasteiger partial charge < -0.3 is 9.47 Å². The van der Waals surface area contributed by atoms with Gasteiger partial charge in [-0.05, 0) is 48.2 Å². The summed E-state index contributed by atoms with van der Waals surface area (Å²) in [6.07, 6.45) is 10.2. The van der Waals surface area contributed by atoms with Crippen LogP contribution in [0, 0.1) is 0 Å². The van der Waals surface area contributed by atoms with E-state index in [1.54, 1.807) is 0 Å². The molecule has 3 nitrogen and oxygen atoms in total. The number of nitrogens with zero attached hydrogens (tertiary/aromatic N) is 1. The molecular formula is C26H35NO2. The minimum Gasteiger partial charge on any atom is -0.494 e. The maximum atomic E-state index is 5.90. The molecule has 1 heterocycles. The van der Waals surface area contributed by atoms with Crippen LogP contribution in [-0.4, -0.2) is 25.2 Å². The molecule has 0 unspecified atom stereocenters. The van der Waals surface area contributed by atoms with Crippen molar-refractivity contribution in [2.75, 3.05) is 13.2 Å². The Morgan fingerprint density at radius 2 is 1.38 bits per heavy atom. The molecule has 0 aliphatic carbocycles. The van der Waals surface area contributed by atoms with Crippen molar-refractivity contribution >= 4 is 5.90 Å². The van der Waals surface area contributed by atoms with Crippen molar-refractivity contribution in [3.8, 4) is 16.9 Å². The van der Waals surface area contributed by atoms with Crippen LogP contribution in [0.1, 0.15) is 70.8 Å². The quantitative estimate of drug-likeness (QED) is 0.362. The van der Waals surface area contributed by atoms with Crippen LogP contribution in [-0.2, 0) is 4.74 Å². The van der Waals surface area contributed by atoms with E-state index in [1.807, 2.05) is 0 Å². The fraction of sp³-hybridized carbons (Fsp3) is 0.500. The van der Waals surface area contributed by atoms with Gasteiger partial charge in [0, 0.05) is 5.56 Å². The number of ether oxygens (including phenoxy) is 2. The van der Waals surface area contributed by atoms with Gasteiger partial charge in [0.1, 0.15) is 12.4 Å². The van der Waals surface area contributed by atoms with Crippen LogP contribution in [0.3, 0.4) is 0 Å². The fourth-order valence-corrected chi connectivity index (χ4v) is 3.58. The molecule has 0 spiro atoms. The van der Waals surface area contributed by atoms with Gasteiger partial charge in [-0.25, -0.2) is 4.99 Å². The smallest absolute Gasteiger partial charge is 0.216 e. The maximum absolute atomic E-state index is 5.90. The summed E-state index contributed by atoms with van der Waals surface area (Å²) in [5.74, 6) is 1.73. The number of aliphatic imine (C=N–C) groups is 1. The molecule has 2 aromatic carbocycles. The molecule has 1 atom stereocenters. The van der Waals surface area contributed by atoms with Gasteiger partial charge >= 0.3 is 0 Å². The Hall–Kier alpha value is -2.29. The first-order chi connectivity index (χ1) is 14.3. The molecule has 0 N–H and O–H groups in total. The molecule has 29 heavy (non-hydrogen) atoms. The van der Waals surface area contributed by atoms with Gasteiger partial charge in [0.05, 0.1) is 12.6 Å². The second-order valence-corrected chi connectivity index (χ2v) is 7.88. The summed E-state index contributed by atoms with van der Waals surface area (Å²) in [7, 11) is 0. The van der Waals surface area contributed by atoms with E-state index in [2.05, 4.69) is 67.4 Å². The van der Waals surface area contributed by atoms with E-state index in [4.69, 9.17) is 9.47 Å². The minimum atomic E-state index is 0.304. The number of rotatable bonds is 12. The molecule has 2 aromatic rings. The Kier molecular flexibility index (Phi) is 8.60. The van der Waals surface area contributed by atoms with Crippen LogP contribution in [0.5, 0.6) is 5.75 Å². The normalized spacial score (nSPS) is 15.8. The molecule has 1 aliphatic heterocycles. The third-order valence-electron chi connectivity index (χ3n) is 5.52. The lowest BCUT2D eigenvalue weighted by atomic mass is 10.0. The first kappa shape index (κ1) is 21.4. The van der Waals surface area contributed by atoms with E-state index in [-0.39, 0.29) is 0 Å². The topological polar surface area (TPSA) is 30.8 Å². The van der Waals surface area contributed by atoms with Gasteiger partial charge in [0.25, 0.3) is 0 Å². The van der Waals surface area contributed by atoms with E-state index in [0.29, 0.717) is 12.6 Å². The zero-order valence-electron chi connectivity index (χ0n) is 18.0. The van der Waals surface area contributed by atoms with Gasteiger partial charge in [0.15, 0.2) is 0 Å². The van der Waals surface area contributed by atoms with Crippen LogP contribution in [0.2, 0.25) is 0 Å². The lowest BCUT2D eigenvalue weighted by Gasteiger charge is -2.08. The highest BCUT2D eigenvalue weighted by molar-refractivity contribution is 5.95. The molecule has 0 amide bonds. The van der Waals surface area contributed by atoms with E-state index >= 15 is 0 Å². The van der Waals surface area contributed by atoms with Gasteiger partial charge in [-0.2, -0.15) is 0 Å². The van der Waals surface area contributed by atoms with Crippen molar-refractivity contribution in [3.05, 3.63) is 54.1 Å². The summed E-state index contributed by atoms with van der Waals surface area (Å²) in [6, 6.07) is 17.2. The minimum absolute atomic E-state index is 0.304. The lowest BCUT2D eigenvalue weighted by Crippen LogP contribution is -2.03. The average Bonchev–Trinajstić information content (AvgIpc) is 3.26. The third-order valence-corrected chi connectivity index (χ3v) is 5.52. The van der Waals surface area contributed by atoms with Crippen LogP contribution in [0.25, 0.3) is 11.1 Å². The van der Waals surface area contributed by atoms with Crippen molar-refractivity contribution in [2.45, 2.75) is 71.3 Å². The number of benzene rings is 2. The molecule has 1 aliphatic rings. The van der Waals surface area contributed by atoms with Crippen LogP contribution >= 0.6 is 0 Å². The Morgan fingerprint density at radius 3 is 2.00 bits per heavy atom. The zero-order valence-corrected chi connectivity index (χ0v) is 18.0. The van der Waals surface area contributed by atoms with Crippen LogP contribution in [0.15, 0.2) is 53.5 Å². The predicted molar refractivity (Wildman–Crippen MR) is 122 cm³/mol. The molecule has 0 saturated heterocycles. The summed E-state index contributed by atoms with van der Waals surface area (Å²) >= 11 is 0. The highest BCUT2D eigenvalue weighted by atomic mass is 16.5. The van der Waals surface area contributed by atoms with E-state index in [0.717, 1.165) is 36.7 Å². The van der Waals surface area contributed by atoms with E-state index < -0.39 is 0 Å². The third kappa shape index (κ3) is 6.62. The Bertz CT molecular complexity index is 749. The average molecular weight is 394 g/mol. The molecule has 156 valence electrons. The maximum Gasteiger partial charge on any atom is 0.216 e. The van der Waals surface area contributed by atoms with Gasteiger partial charge in [0.2, 0.25) is 5.90 Å². The summed E-state index contributed by atoms with van der Waals surface area (Å²) in [5, 5.41) is 0. The molecule has 0 saturated carbocycles. The van der Waals surface area contributed by atoms with Crippen molar-refractivity contribution < 1.29 is 9.47 Å². The largest absolute Gasteiger partial charge is 0.494 e. The predicted octanol–water partition coefficient (Wildman–Crippen LogP) is 7.04. The van der Waals surface area contributed by atoms with Crippen molar-refractivity contribution in [2.24, 2.45) is 4.99 Å². The summed E-state index contributed by atoms with van der Waals surface area (Å²) in [6.45, 7) is 5.92. The monoisotopic (exact) mass is 393 g/mol. The van der Waals surface area contributed by atoms with E-state index in [9.17, 15) is 0 Å². The SMILES string of the molecule is CCCCCCCCCOc1ccc(-c2ccc(C3=N[C@@H](CC)CO3)cc2)cc1. The second-order valence-electron chi connectivity index (χ2n) is 7.88. The second kappa shape index (κ2) is 11.6. The molecular weight excluding hydrogens is 358 g/mol. The summed E-state index contributed by atoms with van der Waals surface area (Å²) in [4.78, 5) is 4.63. The lowest BCUT2D eigenvalue weighted by molar-refractivity contribution is 0.304. The Balaban J connectivity index is 1.44. The molecule has 0 radical (unpaired) electrons. The molecule has 3 rings (SSSR count). The van der Waals surface area contributed by atoms with Crippen molar-refractivity contribution in [1.29, 1.82) is 0 Å². The zero-order chi connectivity index (χ0) is 20.3. The number of unbranched alkanes of at least 4 members (excludes halogenated alkanes) is 6. The molecule has 3 heteroatoms. The molecule has 0 fully saturated rings. The Morgan fingerprint density at radius 1 is 0.793 bits per heavy atom. The summed E-state index contributed by atoms with van der Waals surface area (Å²) < 4.78 is 11.6. The number of hydrogen-bond acceptors (Lipinski definition) is 3. The molecule has 0 aromatic heterocycles. The van der Waals surface area contributed by atoms with Crippen LogP contribution < -0.4 is 4.74 Å². The highest BCUT2D eigenvalue weighted by Crippen LogP contribution is 2.24. The van der Waals surface area contributed by atoms with Gasteiger partial charge in [-0.3, -0.25) is 0 Å². The molecule has 0 bridgehead atoms. The first-order valence-electron chi connectivity index (χ1n) is 11.3. The first-order valence-corrected chi connectivity index (χ1v) is 11.3. The van der Waals surface area contributed by atoms with E-state index in [1.165, 1.54) is 49.7 Å². The fourth-order valence-electron chi connectivity index (χ4n) is 3.58. The van der Waals surface area contributed by atoms with Gasteiger partial charge in [-0.1, -0.05) is 76.6 Å². The van der Waals surface area contributed by atoms with Crippen molar-refractivity contribution in [1.82, 2.24) is 0 Å². The standard InChI is InChI=1S/C26H35NO2/c1-3-5-6-7-8-9-10-19-28-25-17-15-22(16-18-25)21-11-13-23(14-12-21)26-27-24(4-2)20-29-26/h11-18,24H,3-10,19-20H2,1-2H3/t24-/m0/s1. The Labute approximate surface area is 176 Å². The number of hydrogen-bond donors (Lipinski definition) is 0. The highest BCUT2D eigenvalue weighted by Gasteiger charge is 2.18.